The lowest BCUT2D eigenvalue weighted by Gasteiger charge is -2.06. The highest BCUT2D eigenvalue weighted by Crippen LogP contribution is 2.26. The zero-order valence-corrected chi connectivity index (χ0v) is 13.4. The van der Waals surface area contributed by atoms with Gasteiger partial charge in [0.05, 0.1) is 13.1 Å². The summed E-state index contributed by atoms with van der Waals surface area (Å²) in [6.07, 6.45) is 6.51. The Hall–Kier alpha value is -3.14. The first-order chi connectivity index (χ1) is 11.7. The number of benzene rings is 2. The van der Waals surface area contributed by atoms with Crippen LogP contribution in [0.15, 0.2) is 59.5 Å². The molecule has 0 atom stereocenters. The number of aromatic hydroxyl groups is 2. The van der Waals surface area contributed by atoms with E-state index in [-0.39, 0.29) is 11.5 Å². The molecule has 0 radical (unpaired) electrons. The molecule has 0 aliphatic heterocycles. The van der Waals surface area contributed by atoms with E-state index in [1.165, 1.54) is 0 Å². The summed E-state index contributed by atoms with van der Waals surface area (Å²) in [6.45, 7) is 8.39. The topological polar surface area (TPSA) is 65.2 Å². The molecule has 2 aromatic rings. The second-order valence-corrected chi connectivity index (χ2v) is 5.04. The maximum Gasteiger partial charge on any atom is 0.132 e. The van der Waals surface area contributed by atoms with Crippen LogP contribution in [-0.2, 0) is 0 Å². The summed E-state index contributed by atoms with van der Waals surface area (Å²) in [6, 6.07) is 10.7. The van der Waals surface area contributed by atoms with Crippen LogP contribution in [0, 0.1) is 0 Å². The summed E-state index contributed by atoms with van der Waals surface area (Å²) >= 11 is 0. The van der Waals surface area contributed by atoms with Gasteiger partial charge in [-0.05, 0) is 23.8 Å². The molecule has 2 rings (SSSR count). The van der Waals surface area contributed by atoms with Gasteiger partial charge in [-0.25, -0.2) is 0 Å². The Labute approximate surface area is 141 Å². The van der Waals surface area contributed by atoms with Gasteiger partial charge in [0.1, 0.15) is 11.5 Å². The van der Waals surface area contributed by atoms with Crippen LogP contribution in [0.2, 0.25) is 0 Å². The molecule has 4 nitrogen and oxygen atoms in total. The van der Waals surface area contributed by atoms with Crippen molar-refractivity contribution in [3.8, 4) is 11.5 Å². The normalized spacial score (nSPS) is 11.2. The SMILES string of the molecule is C=Cc1ccc(C=NCCN=Cc2ccccc2O)c(O)c1C=C. The Bertz CT molecular complexity index is 792. The monoisotopic (exact) mass is 320 g/mol. The van der Waals surface area contributed by atoms with Gasteiger partial charge in [-0.15, -0.1) is 0 Å². The first-order valence-electron chi connectivity index (χ1n) is 7.56. The Morgan fingerprint density at radius 3 is 2.04 bits per heavy atom. The van der Waals surface area contributed by atoms with Crippen LogP contribution in [0.3, 0.4) is 0 Å². The molecule has 0 aliphatic carbocycles. The van der Waals surface area contributed by atoms with Gasteiger partial charge in [-0.2, -0.15) is 0 Å². The fourth-order valence-corrected chi connectivity index (χ4v) is 2.18. The molecule has 0 spiro atoms. The number of nitrogens with zero attached hydrogens (tertiary/aromatic N) is 2. The molecule has 0 bridgehead atoms. The highest BCUT2D eigenvalue weighted by Gasteiger charge is 2.06. The van der Waals surface area contributed by atoms with E-state index in [2.05, 4.69) is 23.1 Å². The second-order valence-electron chi connectivity index (χ2n) is 5.04. The zero-order chi connectivity index (χ0) is 17.4. The molecular formula is C20H20N2O2. The zero-order valence-electron chi connectivity index (χ0n) is 13.4. The number of phenols is 2. The molecular weight excluding hydrogens is 300 g/mol. The van der Waals surface area contributed by atoms with Crippen molar-refractivity contribution in [2.24, 2.45) is 9.98 Å². The van der Waals surface area contributed by atoms with Crippen molar-refractivity contribution in [1.29, 1.82) is 0 Å². The number of rotatable bonds is 7. The van der Waals surface area contributed by atoms with E-state index in [1.54, 1.807) is 48.8 Å². The molecule has 4 heteroatoms. The summed E-state index contributed by atoms with van der Waals surface area (Å²) < 4.78 is 0. The molecule has 0 aromatic heterocycles. The fraction of sp³-hybridized carbons (Fsp3) is 0.100. The molecule has 2 N–H and O–H groups in total. The Morgan fingerprint density at radius 2 is 1.42 bits per heavy atom. The lowest BCUT2D eigenvalue weighted by Crippen LogP contribution is -1.93. The van der Waals surface area contributed by atoms with Gasteiger partial charge in [0.25, 0.3) is 0 Å². The molecule has 0 saturated heterocycles. The average molecular weight is 320 g/mol. The summed E-state index contributed by atoms with van der Waals surface area (Å²) in [5.74, 6) is 0.345. The average Bonchev–Trinajstić information content (AvgIpc) is 2.60. The smallest absolute Gasteiger partial charge is 0.132 e. The molecule has 0 aliphatic rings. The lowest BCUT2D eigenvalue weighted by atomic mass is 10.0. The number of para-hydroxylation sites is 1. The van der Waals surface area contributed by atoms with E-state index in [1.807, 2.05) is 12.1 Å². The van der Waals surface area contributed by atoms with Gasteiger partial charge >= 0.3 is 0 Å². The molecule has 0 fully saturated rings. The van der Waals surface area contributed by atoms with Crippen molar-refractivity contribution in [3.05, 3.63) is 71.8 Å². The van der Waals surface area contributed by atoms with E-state index < -0.39 is 0 Å². The molecule has 0 heterocycles. The highest BCUT2D eigenvalue weighted by atomic mass is 16.3. The molecule has 122 valence electrons. The van der Waals surface area contributed by atoms with Crippen molar-refractivity contribution in [1.82, 2.24) is 0 Å². The summed E-state index contributed by atoms with van der Waals surface area (Å²) in [5, 5.41) is 19.8. The lowest BCUT2D eigenvalue weighted by molar-refractivity contribution is 0.473. The quantitative estimate of drug-likeness (QED) is 0.600. The maximum absolute atomic E-state index is 10.2. The molecule has 0 unspecified atom stereocenters. The van der Waals surface area contributed by atoms with Crippen LogP contribution in [0.5, 0.6) is 11.5 Å². The fourth-order valence-electron chi connectivity index (χ4n) is 2.18. The van der Waals surface area contributed by atoms with Gasteiger partial charge in [-0.3, -0.25) is 9.98 Å². The van der Waals surface area contributed by atoms with Gasteiger partial charge in [0, 0.05) is 29.1 Å². The number of aliphatic imine (C=N–C) groups is 2. The van der Waals surface area contributed by atoms with Crippen LogP contribution < -0.4 is 0 Å². The Kier molecular flexibility index (Phi) is 6.08. The van der Waals surface area contributed by atoms with Crippen LogP contribution in [0.4, 0.5) is 0 Å². The van der Waals surface area contributed by atoms with E-state index >= 15 is 0 Å². The van der Waals surface area contributed by atoms with Crippen LogP contribution in [0.1, 0.15) is 22.3 Å². The second kappa shape index (κ2) is 8.48. The summed E-state index contributed by atoms with van der Waals surface area (Å²) in [5.41, 5.74) is 2.77. The standard InChI is InChI=1S/C20H20N2O2/c1-3-15-9-10-17(20(24)18(15)4-2)14-22-12-11-21-13-16-7-5-6-8-19(16)23/h3-10,13-14,23-24H,1-2,11-12H2. The molecule has 2 aromatic carbocycles. The van der Waals surface area contributed by atoms with Crippen molar-refractivity contribution in [2.45, 2.75) is 0 Å². The first kappa shape index (κ1) is 17.2. The Balaban J connectivity index is 1.96. The van der Waals surface area contributed by atoms with E-state index in [0.29, 0.717) is 29.8 Å². The number of hydrogen-bond acceptors (Lipinski definition) is 4. The van der Waals surface area contributed by atoms with Gasteiger partial charge < -0.3 is 10.2 Å². The van der Waals surface area contributed by atoms with Crippen LogP contribution in [-0.4, -0.2) is 35.7 Å². The third-order valence-corrected chi connectivity index (χ3v) is 3.46. The van der Waals surface area contributed by atoms with Gasteiger partial charge in [-0.1, -0.05) is 43.5 Å². The predicted octanol–water partition coefficient (Wildman–Crippen LogP) is 3.92. The summed E-state index contributed by atoms with van der Waals surface area (Å²) in [4.78, 5) is 8.49. The predicted molar refractivity (Wildman–Crippen MR) is 101 cm³/mol. The van der Waals surface area contributed by atoms with Crippen molar-refractivity contribution in [3.63, 3.8) is 0 Å². The molecule has 0 amide bonds. The van der Waals surface area contributed by atoms with Crippen molar-refractivity contribution in [2.75, 3.05) is 13.1 Å². The number of hydrogen-bond donors (Lipinski definition) is 2. The minimum atomic E-state index is 0.142. The Morgan fingerprint density at radius 1 is 0.792 bits per heavy atom. The molecule has 0 saturated carbocycles. The van der Waals surface area contributed by atoms with E-state index in [0.717, 1.165) is 5.56 Å². The highest BCUT2D eigenvalue weighted by molar-refractivity contribution is 5.87. The molecule has 24 heavy (non-hydrogen) atoms. The van der Waals surface area contributed by atoms with Crippen LogP contribution >= 0.6 is 0 Å². The van der Waals surface area contributed by atoms with Gasteiger partial charge in [0.15, 0.2) is 0 Å². The van der Waals surface area contributed by atoms with E-state index in [4.69, 9.17) is 0 Å². The minimum Gasteiger partial charge on any atom is -0.507 e. The minimum absolute atomic E-state index is 0.142. The van der Waals surface area contributed by atoms with Crippen LogP contribution in [0.25, 0.3) is 12.2 Å². The maximum atomic E-state index is 10.2. The first-order valence-corrected chi connectivity index (χ1v) is 7.56. The van der Waals surface area contributed by atoms with Crippen molar-refractivity contribution < 1.29 is 10.2 Å². The number of phenolic OH excluding ortho intramolecular Hbond substituents is 2. The van der Waals surface area contributed by atoms with Gasteiger partial charge in [0.2, 0.25) is 0 Å². The van der Waals surface area contributed by atoms with Crippen molar-refractivity contribution >= 4 is 24.6 Å². The third-order valence-electron chi connectivity index (χ3n) is 3.46. The summed E-state index contributed by atoms with van der Waals surface area (Å²) in [7, 11) is 0. The third kappa shape index (κ3) is 4.20. The largest absolute Gasteiger partial charge is 0.507 e. The van der Waals surface area contributed by atoms with E-state index in [9.17, 15) is 10.2 Å².